The van der Waals surface area contributed by atoms with E-state index in [9.17, 15) is 14.9 Å². The van der Waals surface area contributed by atoms with Crippen LogP contribution in [0.1, 0.15) is 11.1 Å². The summed E-state index contributed by atoms with van der Waals surface area (Å²) in [5.74, 6) is 1.13. The van der Waals surface area contributed by atoms with Crippen molar-refractivity contribution in [1.29, 1.82) is 0 Å². The summed E-state index contributed by atoms with van der Waals surface area (Å²) in [7, 11) is 4.53. The van der Waals surface area contributed by atoms with Crippen molar-refractivity contribution in [2.75, 3.05) is 27.9 Å². The smallest absolute Gasteiger partial charge is 0.310 e. The first-order chi connectivity index (χ1) is 13.4. The summed E-state index contributed by atoms with van der Waals surface area (Å²) in [6.45, 7) is 1.57. The van der Waals surface area contributed by atoms with Gasteiger partial charge in [0, 0.05) is 24.2 Å². The van der Waals surface area contributed by atoms with Crippen LogP contribution in [0.15, 0.2) is 30.3 Å². The summed E-state index contributed by atoms with van der Waals surface area (Å²) < 4.78 is 21.1. The van der Waals surface area contributed by atoms with Crippen LogP contribution >= 0.6 is 0 Å². The second kappa shape index (κ2) is 9.45. The molecule has 28 heavy (non-hydrogen) atoms. The molecule has 2 rings (SSSR count). The number of amides is 1. The third kappa shape index (κ3) is 5.03. The van der Waals surface area contributed by atoms with Gasteiger partial charge in [-0.05, 0) is 24.6 Å². The van der Waals surface area contributed by atoms with E-state index < -0.39 is 10.8 Å². The standard InChI is InChI=1S/C19H22N2O7/c1-12-5-6-14(21(23)24)16(7-12)28-11-19(22)20-10-13-8-17(26-3)18(27-4)9-15(13)25-2/h5-9H,10-11H2,1-4H3,(H,20,22). The SMILES string of the molecule is COc1cc(OC)c(OC)cc1CNC(=O)COc1cc(C)ccc1[N+](=O)[O-]. The number of aryl methyl sites for hydroxylation is 1. The van der Waals surface area contributed by atoms with Crippen molar-refractivity contribution in [2.45, 2.75) is 13.5 Å². The zero-order valence-corrected chi connectivity index (χ0v) is 16.1. The molecule has 0 saturated heterocycles. The Labute approximate surface area is 162 Å². The normalized spacial score (nSPS) is 10.1. The number of nitro groups is 1. The van der Waals surface area contributed by atoms with Crippen molar-refractivity contribution in [3.05, 3.63) is 51.6 Å². The number of methoxy groups -OCH3 is 3. The molecule has 0 heterocycles. The molecule has 0 radical (unpaired) electrons. The summed E-state index contributed by atoms with van der Waals surface area (Å²) in [5.41, 5.74) is 1.27. The molecule has 0 fully saturated rings. The van der Waals surface area contributed by atoms with Gasteiger partial charge in [0.05, 0.1) is 26.3 Å². The summed E-state index contributed by atoms with van der Waals surface area (Å²) in [5, 5.41) is 13.7. The van der Waals surface area contributed by atoms with Gasteiger partial charge in [-0.3, -0.25) is 14.9 Å². The fourth-order valence-electron chi connectivity index (χ4n) is 2.51. The summed E-state index contributed by atoms with van der Waals surface area (Å²) >= 11 is 0. The van der Waals surface area contributed by atoms with Crippen molar-refractivity contribution in [3.8, 4) is 23.0 Å². The molecule has 0 aromatic heterocycles. The van der Waals surface area contributed by atoms with E-state index in [2.05, 4.69) is 5.32 Å². The molecule has 0 atom stereocenters. The number of benzene rings is 2. The molecule has 1 amide bonds. The minimum atomic E-state index is -0.554. The number of ether oxygens (including phenoxy) is 4. The molecular weight excluding hydrogens is 368 g/mol. The topological polar surface area (TPSA) is 109 Å². The molecule has 2 aromatic rings. The zero-order valence-electron chi connectivity index (χ0n) is 16.1. The number of hydrogen-bond donors (Lipinski definition) is 1. The average Bonchev–Trinajstić information content (AvgIpc) is 2.69. The second-order valence-electron chi connectivity index (χ2n) is 5.81. The van der Waals surface area contributed by atoms with Crippen molar-refractivity contribution in [2.24, 2.45) is 0 Å². The van der Waals surface area contributed by atoms with E-state index >= 15 is 0 Å². The van der Waals surface area contributed by atoms with E-state index in [4.69, 9.17) is 18.9 Å². The first-order valence-electron chi connectivity index (χ1n) is 8.33. The van der Waals surface area contributed by atoms with Crippen LogP contribution in [-0.2, 0) is 11.3 Å². The average molecular weight is 390 g/mol. The van der Waals surface area contributed by atoms with Gasteiger partial charge in [-0.2, -0.15) is 0 Å². The molecule has 2 aromatic carbocycles. The van der Waals surface area contributed by atoms with Gasteiger partial charge in [0.2, 0.25) is 0 Å². The van der Waals surface area contributed by atoms with Gasteiger partial charge in [0.25, 0.3) is 5.91 Å². The van der Waals surface area contributed by atoms with Gasteiger partial charge in [-0.15, -0.1) is 0 Å². The van der Waals surface area contributed by atoms with E-state index in [-0.39, 0.29) is 24.6 Å². The quantitative estimate of drug-likeness (QED) is 0.518. The third-order valence-electron chi connectivity index (χ3n) is 3.93. The number of carbonyl (C=O) groups is 1. The lowest BCUT2D eigenvalue weighted by atomic mass is 10.1. The van der Waals surface area contributed by atoms with Gasteiger partial charge in [-0.1, -0.05) is 6.07 Å². The molecule has 0 bridgehead atoms. The Morgan fingerprint density at radius 1 is 1.00 bits per heavy atom. The fraction of sp³-hybridized carbons (Fsp3) is 0.316. The zero-order chi connectivity index (χ0) is 20.7. The molecule has 0 aliphatic carbocycles. The van der Waals surface area contributed by atoms with E-state index in [0.29, 0.717) is 22.8 Å². The molecule has 9 heteroatoms. The first kappa shape index (κ1) is 20.8. The lowest BCUT2D eigenvalue weighted by Crippen LogP contribution is -2.28. The predicted molar refractivity (Wildman–Crippen MR) is 101 cm³/mol. The van der Waals surface area contributed by atoms with Crippen LogP contribution in [0.4, 0.5) is 5.69 Å². The minimum absolute atomic E-state index is 0.0452. The van der Waals surface area contributed by atoms with Crippen molar-refractivity contribution in [3.63, 3.8) is 0 Å². The largest absolute Gasteiger partial charge is 0.496 e. The maximum Gasteiger partial charge on any atom is 0.310 e. The number of nitrogens with zero attached hydrogens (tertiary/aromatic N) is 1. The number of hydrogen-bond acceptors (Lipinski definition) is 7. The lowest BCUT2D eigenvalue weighted by Gasteiger charge is -2.14. The molecule has 0 aliphatic heterocycles. The molecule has 0 saturated carbocycles. The lowest BCUT2D eigenvalue weighted by molar-refractivity contribution is -0.385. The third-order valence-corrected chi connectivity index (χ3v) is 3.93. The van der Waals surface area contributed by atoms with E-state index in [1.807, 2.05) is 0 Å². The second-order valence-corrected chi connectivity index (χ2v) is 5.81. The van der Waals surface area contributed by atoms with Gasteiger partial charge < -0.3 is 24.3 Å². The van der Waals surface area contributed by atoms with Crippen LogP contribution < -0.4 is 24.3 Å². The van der Waals surface area contributed by atoms with E-state index in [0.717, 1.165) is 5.56 Å². The van der Waals surface area contributed by atoms with Crippen LogP contribution in [0, 0.1) is 17.0 Å². The number of nitro benzene ring substituents is 1. The maximum absolute atomic E-state index is 12.1. The van der Waals surface area contributed by atoms with Gasteiger partial charge in [-0.25, -0.2) is 0 Å². The van der Waals surface area contributed by atoms with E-state index in [1.54, 1.807) is 25.1 Å². The molecule has 0 unspecified atom stereocenters. The van der Waals surface area contributed by atoms with Crippen molar-refractivity contribution < 1.29 is 28.7 Å². The Kier molecular flexibility index (Phi) is 7.02. The van der Waals surface area contributed by atoms with Crippen LogP contribution in [0.2, 0.25) is 0 Å². The summed E-state index contributed by atoms with van der Waals surface area (Å²) in [6.07, 6.45) is 0. The molecule has 9 nitrogen and oxygen atoms in total. The maximum atomic E-state index is 12.1. The van der Waals surface area contributed by atoms with E-state index in [1.165, 1.54) is 33.5 Å². The molecule has 150 valence electrons. The number of rotatable bonds is 9. The number of nitrogens with one attached hydrogen (secondary N) is 1. The highest BCUT2D eigenvalue weighted by atomic mass is 16.6. The molecule has 0 aliphatic rings. The highest BCUT2D eigenvalue weighted by Crippen LogP contribution is 2.34. The molecule has 1 N–H and O–H groups in total. The first-order valence-corrected chi connectivity index (χ1v) is 8.33. The minimum Gasteiger partial charge on any atom is -0.496 e. The summed E-state index contributed by atoms with van der Waals surface area (Å²) in [6, 6.07) is 7.82. The van der Waals surface area contributed by atoms with Gasteiger partial charge in [0.15, 0.2) is 23.9 Å². The monoisotopic (exact) mass is 390 g/mol. The van der Waals surface area contributed by atoms with Gasteiger partial charge >= 0.3 is 5.69 Å². The number of carbonyl (C=O) groups excluding carboxylic acids is 1. The van der Waals surface area contributed by atoms with Gasteiger partial charge in [0.1, 0.15) is 5.75 Å². The van der Waals surface area contributed by atoms with Crippen LogP contribution in [-0.4, -0.2) is 38.8 Å². The van der Waals surface area contributed by atoms with Crippen molar-refractivity contribution >= 4 is 11.6 Å². The molecule has 0 spiro atoms. The Balaban J connectivity index is 2.04. The Bertz CT molecular complexity index is 868. The summed E-state index contributed by atoms with van der Waals surface area (Å²) in [4.78, 5) is 22.6. The Hall–Kier alpha value is -3.49. The van der Waals surface area contributed by atoms with Crippen LogP contribution in [0.5, 0.6) is 23.0 Å². The predicted octanol–water partition coefficient (Wildman–Crippen LogP) is 2.62. The molecular formula is C19H22N2O7. The highest BCUT2D eigenvalue weighted by molar-refractivity contribution is 5.77. The van der Waals surface area contributed by atoms with Crippen LogP contribution in [0.25, 0.3) is 0 Å². The Morgan fingerprint density at radius 3 is 2.25 bits per heavy atom. The highest BCUT2D eigenvalue weighted by Gasteiger charge is 2.17. The Morgan fingerprint density at radius 2 is 1.64 bits per heavy atom. The van der Waals surface area contributed by atoms with Crippen molar-refractivity contribution in [1.82, 2.24) is 5.32 Å². The fourth-order valence-corrected chi connectivity index (χ4v) is 2.51. The van der Waals surface area contributed by atoms with Crippen LogP contribution in [0.3, 0.4) is 0 Å².